The number of furan rings is 1. The maximum Gasteiger partial charge on any atom is 0.233 e. The van der Waals surface area contributed by atoms with Gasteiger partial charge in [0.2, 0.25) is 5.91 Å². The van der Waals surface area contributed by atoms with Crippen molar-refractivity contribution in [1.29, 1.82) is 0 Å². The molecule has 2 heterocycles. The number of aromatic nitrogens is 2. The molecule has 4 aromatic rings. The number of nitrogens with zero attached hydrogens (tertiary/aromatic N) is 3. The smallest absolute Gasteiger partial charge is 0.233 e. The number of fused-ring (bicyclic) bond motifs is 1. The standard InChI is InChI=1S/C23H21N3O2S/c1-16-12-13-18(28-16)14-26(2)21(27)15-29-23-20-11-7-6-10-19(20)22(24-25-23)17-8-4-3-5-9-17/h3-13H,14-15H2,1-2H3. The maximum atomic E-state index is 12.6. The van der Waals surface area contributed by atoms with Crippen LogP contribution < -0.4 is 0 Å². The van der Waals surface area contributed by atoms with Crippen LogP contribution in [0, 0.1) is 6.92 Å². The summed E-state index contributed by atoms with van der Waals surface area (Å²) < 4.78 is 5.56. The molecular formula is C23H21N3O2S. The second-order valence-corrected chi connectivity index (χ2v) is 7.78. The van der Waals surface area contributed by atoms with Crippen LogP contribution in [0.3, 0.4) is 0 Å². The average molecular weight is 404 g/mol. The number of aryl methyl sites for hydroxylation is 1. The van der Waals surface area contributed by atoms with Crippen LogP contribution in [0.5, 0.6) is 0 Å². The van der Waals surface area contributed by atoms with Gasteiger partial charge in [-0.2, -0.15) is 0 Å². The first-order chi connectivity index (χ1) is 14.1. The molecule has 5 nitrogen and oxygen atoms in total. The molecule has 0 aliphatic rings. The van der Waals surface area contributed by atoms with Gasteiger partial charge in [-0.3, -0.25) is 4.79 Å². The van der Waals surface area contributed by atoms with Gasteiger partial charge in [-0.1, -0.05) is 66.4 Å². The minimum Gasteiger partial charge on any atom is -0.464 e. The lowest BCUT2D eigenvalue weighted by Gasteiger charge is -2.15. The molecule has 0 saturated carbocycles. The lowest BCUT2D eigenvalue weighted by Crippen LogP contribution is -2.27. The fourth-order valence-corrected chi connectivity index (χ4v) is 4.04. The molecule has 4 rings (SSSR count). The summed E-state index contributed by atoms with van der Waals surface area (Å²) in [5, 5.41) is 11.7. The minimum atomic E-state index is 0.0158. The van der Waals surface area contributed by atoms with Crippen LogP contribution in [0.1, 0.15) is 11.5 Å². The summed E-state index contributed by atoms with van der Waals surface area (Å²) in [5.74, 6) is 1.93. The average Bonchev–Trinajstić information content (AvgIpc) is 3.16. The molecule has 146 valence electrons. The molecule has 0 aliphatic heterocycles. The van der Waals surface area contributed by atoms with E-state index in [0.717, 1.165) is 38.6 Å². The Kier molecular flexibility index (Phi) is 5.62. The molecule has 0 radical (unpaired) electrons. The summed E-state index contributed by atoms with van der Waals surface area (Å²) in [6.07, 6.45) is 0. The number of hydrogen-bond donors (Lipinski definition) is 0. The number of carbonyl (C=O) groups is 1. The quantitative estimate of drug-likeness (QED) is 0.426. The zero-order chi connectivity index (χ0) is 20.2. The topological polar surface area (TPSA) is 59.2 Å². The number of benzene rings is 2. The molecule has 0 unspecified atom stereocenters. The van der Waals surface area contributed by atoms with Gasteiger partial charge in [0.25, 0.3) is 0 Å². The predicted molar refractivity (Wildman–Crippen MR) is 116 cm³/mol. The van der Waals surface area contributed by atoms with E-state index in [1.807, 2.05) is 73.7 Å². The van der Waals surface area contributed by atoms with E-state index in [4.69, 9.17) is 4.42 Å². The third-order valence-corrected chi connectivity index (χ3v) is 5.61. The third-order valence-electron chi connectivity index (χ3n) is 4.65. The van der Waals surface area contributed by atoms with Crippen molar-refractivity contribution in [2.75, 3.05) is 12.8 Å². The van der Waals surface area contributed by atoms with Crippen molar-refractivity contribution in [2.45, 2.75) is 18.5 Å². The summed E-state index contributed by atoms with van der Waals surface area (Å²) in [6.45, 7) is 2.34. The Balaban J connectivity index is 1.52. The summed E-state index contributed by atoms with van der Waals surface area (Å²) in [5.41, 5.74) is 1.87. The minimum absolute atomic E-state index is 0.0158. The number of carbonyl (C=O) groups excluding carboxylic acids is 1. The van der Waals surface area contributed by atoms with Crippen molar-refractivity contribution in [3.05, 3.63) is 78.3 Å². The third kappa shape index (κ3) is 4.32. The first kappa shape index (κ1) is 19.2. The fraction of sp³-hybridized carbons (Fsp3) is 0.174. The molecule has 2 aromatic carbocycles. The van der Waals surface area contributed by atoms with Gasteiger partial charge in [-0.25, -0.2) is 0 Å². The number of thioether (sulfide) groups is 1. The molecule has 0 spiro atoms. The number of rotatable bonds is 6. The van der Waals surface area contributed by atoms with Crippen LogP contribution in [0.25, 0.3) is 22.0 Å². The van der Waals surface area contributed by atoms with Gasteiger partial charge in [0, 0.05) is 23.4 Å². The Morgan fingerprint density at radius 2 is 1.69 bits per heavy atom. The molecule has 0 aliphatic carbocycles. The molecule has 0 N–H and O–H groups in total. The lowest BCUT2D eigenvalue weighted by atomic mass is 10.1. The van der Waals surface area contributed by atoms with Crippen molar-refractivity contribution < 1.29 is 9.21 Å². The lowest BCUT2D eigenvalue weighted by molar-refractivity contribution is -0.127. The summed E-state index contributed by atoms with van der Waals surface area (Å²) in [4.78, 5) is 14.2. The largest absolute Gasteiger partial charge is 0.464 e. The van der Waals surface area contributed by atoms with Crippen molar-refractivity contribution in [3.63, 3.8) is 0 Å². The van der Waals surface area contributed by atoms with Gasteiger partial charge in [0.1, 0.15) is 22.2 Å². The molecule has 0 atom stereocenters. The van der Waals surface area contributed by atoms with Crippen LogP contribution in [-0.4, -0.2) is 33.8 Å². The molecule has 0 bridgehead atoms. The van der Waals surface area contributed by atoms with E-state index in [1.165, 1.54) is 11.8 Å². The Hall–Kier alpha value is -3.12. The highest BCUT2D eigenvalue weighted by molar-refractivity contribution is 8.00. The Bertz CT molecular complexity index is 1140. The van der Waals surface area contributed by atoms with E-state index < -0.39 is 0 Å². The molecule has 2 aromatic heterocycles. The van der Waals surface area contributed by atoms with Crippen LogP contribution in [0.4, 0.5) is 0 Å². The maximum absolute atomic E-state index is 12.6. The Morgan fingerprint density at radius 1 is 0.966 bits per heavy atom. The van der Waals surface area contributed by atoms with E-state index in [2.05, 4.69) is 10.2 Å². The molecule has 0 fully saturated rings. The second-order valence-electron chi connectivity index (χ2n) is 6.82. The van der Waals surface area contributed by atoms with Crippen molar-refractivity contribution in [2.24, 2.45) is 0 Å². The predicted octanol–water partition coefficient (Wildman–Crippen LogP) is 4.95. The van der Waals surface area contributed by atoms with Gasteiger partial charge >= 0.3 is 0 Å². The van der Waals surface area contributed by atoms with Crippen molar-refractivity contribution in [1.82, 2.24) is 15.1 Å². The monoisotopic (exact) mass is 403 g/mol. The zero-order valence-corrected chi connectivity index (χ0v) is 17.1. The normalized spacial score (nSPS) is 11.0. The van der Waals surface area contributed by atoms with Gasteiger partial charge < -0.3 is 9.32 Å². The Morgan fingerprint density at radius 3 is 2.41 bits per heavy atom. The van der Waals surface area contributed by atoms with Crippen LogP contribution in [-0.2, 0) is 11.3 Å². The van der Waals surface area contributed by atoms with E-state index in [0.29, 0.717) is 12.3 Å². The SMILES string of the molecule is Cc1ccc(CN(C)C(=O)CSc2nnc(-c3ccccc3)c3ccccc23)o1. The number of hydrogen-bond acceptors (Lipinski definition) is 5. The highest BCUT2D eigenvalue weighted by Crippen LogP contribution is 2.31. The van der Waals surface area contributed by atoms with Crippen molar-refractivity contribution in [3.8, 4) is 11.3 Å². The van der Waals surface area contributed by atoms with Crippen LogP contribution in [0.15, 0.2) is 76.2 Å². The van der Waals surface area contributed by atoms with Crippen LogP contribution in [0.2, 0.25) is 0 Å². The van der Waals surface area contributed by atoms with Gasteiger partial charge in [-0.05, 0) is 19.1 Å². The van der Waals surface area contributed by atoms with Crippen molar-refractivity contribution >= 4 is 28.4 Å². The molecule has 29 heavy (non-hydrogen) atoms. The first-order valence-corrected chi connectivity index (χ1v) is 10.3. The van der Waals surface area contributed by atoms with Gasteiger partial charge in [0.15, 0.2) is 0 Å². The molecular weight excluding hydrogens is 382 g/mol. The number of amides is 1. The highest BCUT2D eigenvalue weighted by atomic mass is 32.2. The van der Waals surface area contributed by atoms with Gasteiger partial charge in [0.05, 0.1) is 12.3 Å². The van der Waals surface area contributed by atoms with E-state index >= 15 is 0 Å². The van der Waals surface area contributed by atoms with E-state index in [1.54, 1.807) is 11.9 Å². The summed E-state index contributed by atoms with van der Waals surface area (Å²) in [7, 11) is 1.78. The van der Waals surface area contributed by atoms with E-state index in [9.17, 15) is 4.79 Å². The Labute approximate surface area is 173 Å². The highest BCUT2D eigenvalue weighted by Gasteiger charge is 2.15. The molecule has 6 heteroatoms. The molecule has 0 saturated heterocycles. The van der Waals surface area contributed by atoms with E-state index in [-0.39, 0.29) is 5.91 Å². The van der Waals surface area contributed by atoms with Crippen LogP contribution >= 0.6 is 11.8 Å². The second kappa shape index (κ2) is 8.49. The zero-order valence-electron chi connectivity index (χ0n) is 16.3. The summed E-state index contributed by atoms with van der Waals surface area (Å²) in [6, 6.07) is 21.9. The molecule has 1 amide bonds. The summed E-state index contributed by atoms with van der Waals surface area (Å²) >= 11 is 1.41. The van der Waals surface area contributed by atoms with Gasteiger partial charge in [-0.15, -0.1) is 10.2 Å². The fourth-order valence-electron chi connectivity index (χ4n) is 3.13. The first-order valence-electron chi connectivity index (χ1n) is 9.35.